The molecule has 0 radical (unpaired) electrons. The highest BCUT2D eigenvalue weighted by molar-refractivity contribution is 5.94. The lowest BCUT2D eigenvalue weighted by molar-refractivity contribution is -0.141. The zero-order chi connectivity index (χ0) is 17.3. The minimum Gasteiger partial charge on any atom is -0.481 e. The standard InChI is InChI=1S/C19H22N2O3/c1-13-18-8-5-9-20(18)10-11-21(13)19(23)15(3)24-17-7-4-6-16(12-17)14(2)22/h4-9,12-13,15H,10-11H2,1-3H3. The van der Waals surface area contributed by atoms with Gasteiger partial charge in [0.15, 0.2) is 11.9 Å². The van der Waals surface area contributed by atoms with Crippen molar-refractivity contribution in [1.29, 1.82) is 0 Å². The molecule has 1 aromatic heterocycles. The molecule has 1 amide bonds. The summed E-state index contributed by atoms with van der Waals surface area (Å²) in [4.78, 5) is 26.1. The molecule has 0 aliphatic carbocycles. The van der Waals surface area contributed by atoms with Crippen molar-refractivity contribution in [3.8, 4) is 5.75 Å². The number of hydrogen-bond acceptors (Lipinski definition) is 3. The van der Waals surface area contributed by atoms with E-state index >= 15 is 0 Å². The third kappa shape index (κ3) is 3.07. The van der Waals surface area contributed by atoms with Crippen molar-refractivity contribution in [1.82, 2.24) is 9.47 Å². The van der Waals surface area contributed by atoms with Crippen LogP contribution in [0.3, 0.4) is 0 Å². The first kappa shape index (κ1) is 16.3. The van der Waals surface area contributed by atoms with Crippen LogP contribution in [0.15, 0.2) is 42.6 Å². The quantitative estimate of drug-likeness (QED) is 0.812. The number of fused-ring (bicyclic) bond motifs is 1. The van der Waals surface area contributed by atoms with Crippen molar-refractivity contribution < 1.29 is 14.3 Å². The van der Waals surface area contributed by atoms with Gasteiger partial charge in [-0.05, 0) is 45.0 Å². The fraction of sp³-hybridized carbons (Fsp3) is 0.368. The van der Waals surface area contributed by atoms with E-state index in [1.54, 1.807) is 31.2 Å². The van der Waals surface area contributed by atoms with E-state index in [1.807, 2.05) is 30.2 Å². The van der Waals surface area contributed by atoms with Crippen molar-refractivity contribution in [2.24, 2.45) is 0 Å². The molecule has 1 aromatic carbocycles. The highest BCUT2D eigenvalue weighted by Gasteiger charge is 2.31. The Kier molecular flexibility index (Phi) is 4.42. The summed E-state index contributed by atoms with van der Waals surface area (Å²) in [5, 5.41) is 0. The molecule has 5 nitrogen and oxygen atoms in total. The smallest absolute Gasteiger partial charge is 0.263 e. The van der Waals surface area contributed by atoms with E-state index in [4.69, 9.17) is 4.74 Å². The van der Waals surface area contributed by atoms with Crippen molar-refractivity contribution >= 4 is 11.7 Å². The third-order valence-corrected chi connectivity index (χ3v) is 4.53. The van der Waals surface area contributed by atoms with Gasteiger partial charge in [-0.3, -0.25) is 9.59 Å². The fourth-order valence-electron chi connectivity index (χ4n) is 3.16. The predicted octanol–water partition coefficient (Wildman–Crippen LogP) is 3.06. The van der Waals surface area contributed by atoms with Gasteiger partial charge in [-0.1, -0.05) is 12.1 Å². The van der Waals surface area contributed by atoms with Gasteiger partial charge in [0.1, 0.15) is 5.75 Å². The lowest BCUT2D eigenvalue weighted by Crippen LogP contribution is -2.46. The first-order valence-electron chi connectivity index (χ1n) is 8.20. The molecule has 5 heteroatoms. The molecule has 3 rings (SSSR count). The normalized spacial score (nSPS) is 18.0. The Morgan fingerprint density at radius 1 is 1.21 bits per heavy atom. The molecular weight excluding hydrogens is 304 g/mol. The van der Waals surface area contributed by atoms with Crippen molar-refractivity contribution in [3.05, 3.63) is 53.9 Å². The van der Waals surface area contributed by atoms with Gasteiger partial charge in [0.05, 0.1) is 6.04 Å². The van der Waals surface area contributed by atoms with Crippen LogP contribution in [0, 0.1) is 0 Å². The largest absolute Gasteiger partial charge is 0.481 e. The van der Waals surface area contributed by atoms with Gasteiger partial charge in [-0.15, -0.1) is 0 Å². The van der Waals surface area contributed by atoms with Crippen LogP contribution in [0.25, 0.3) is 0 Å². The average molecular weight is 326 g/mol. The number of benzene rings is 1. The Bertz CT molecular complexity index is 765. The Morgan fingerprint density at radius 3 is 2.75 bits per heavy atom. The molecule has 0 bridgehead atoms. The van der Waals surface area contributed by atoms with Crippen LogP contribution in [0.1, 0.15) is 42.9 Å². The van der Waals surface area contributed by atoms with Gasteiger partial charge in [-0.2, -0.15) is 0 Å². The van der Waals surface area contributed by atoms with Gasteiger partial charge in [-0.25, -0.2) is 0 Å². The Labute approximate surface area is 141 Å². The summed E-state index contributed by atoms with van der Waals surface area (Å²) in [7, 11) is 0. The summed E-state index contributed by atoms with van der Waals surface area (Å²) < 4.78 is 7.96. The number of Topliss-reactive ketones (excluding diaryl/α,β-unsaturated/α-hetero) is 1. The molecule has 2 unspecified atom stereocenters. The summed E-state index contributed by atoms with van der Waals surface area (Å²) >= 11 is 0. The van der Waals surface area contributed by atoms with E-state index in [2.05, 4.69) is 4.57 Å². The van der Waals surface area contributed by atoms with Crippen LogP contribution in [-0.4, -0.2) is 33.8 Å². The molecule has 126 valence electrons. The molecule has 1 aliphatic heterocycles. The molecule has 2 heterocycles. The Hall–Kier alpha value is -2.56. The van der Waals surface area contributed by atoms with E-state index in [9.17, 15) is 9.59 Å². The van der Waals surface area contributed by atoms with Crippen LogP contribution in [0.4, 0.5) is 0 Å². The molecule has 0 saturated carbocycles. The summed E-state index contributed by atoms with van der Waals surface area (Å²) in [5.74, 6) is 0.476. The first-order valence-corrected chi connectivity index (χ1v) is 8.20. The monoisotopic (exact) mass is 326 g/mol. The van der Waals surface area contributed by atoms with Crippen LogP contribution in [-0.2, 0) is 11.3 Å². The topological polar surface area (TPSA) is 51.5 Å². The Balaban J connectivity index is 1.71. The van der Waals surface area contributed by atoms with Crippen molar-refractivity contribution in [3.63, 3.8) is 0 Å². The number of amides is 1. The van der Waals surface area contributed by atoms with E-state index in [1.165, 1.54) is 6.92 Å². The number of ether oxygens (including phenoxy) is 1. The van der Waals surface area contributed by atoms with Crippen LogP contribution >= 0.6 is 0 Å². The summed E-state index contributed by atoms with van der Waals surface area (Å²) in [6.07, 6.45) is 1.44. The lowest BCUT2D eigenvalue weighted by Gasteiger charge is -2.36. The minimum atomic E-state index is -0.601. The summed E-state index contributed by atoms with van der Waals surface area (Å²) in [5.41, 5.74) is 1.72. The second kappa shape index (κ2) is 6.51. The molecular formula is C19H22N2O3. The molecule has 0 N–H and O–H groups in total. The van der Waals surface area contributed by atoms with Crippen LogP contribution < -0.4 is 4.74 Å². The zero-order valence-corrected chi connectivity index (χ0v) is 14.2. The van der Waals surface area contributed by atoms with Crippen molar-refractivity contribution in [2.75, 3.05) is 6.54 Å². The van der Waals surface area contributed by atoms with Crippen molar-refractivity contribution in [2.45, 2.75) is 39.5 Å². The summed E-state index contributed by atoms with van der Waals surface area (Å²) in [6, 6.07) is 11.0. The minimum absolute atomic E-state index is 0.0233. The molecule has 24 heavy (non-hydrogen) atoms. The molecule has 2 aromatic rings. The molecule has 0 saturated heterocycles. The van der Waals surface area contributed by atoms with Crippen LogP contribution in [0.2, 0.25) is 0 Å². The second-order valence-electron chi connectivity index (χ2n) is 6.18. The highest BCUT2D eigenvalue weighted by Crippen LogP contribution is 2.26. The second-order valence-corrected chi connectivity index (χ2v) is 6.18. The fourth-order valence-corrected chi connectivity index (χ4v) is 3.16. The molecule has 1 aliphatic rings. The van der Waals surface area contributed by atoms with Gasteiger partial charge in [0.2, 0.25) is 0 Å². The molecule has 2 atom stereocenters. The number of aromatic nitrogens is 1. The number of carbonyl (C=O) groups excluding carboxylic acids is 2. The van der Waals surface area contributed by atoms with E-state index in [0.29, 0.717) is 17.9 Å². The molecule has 0 fully saturated rings. The van der Waals surface area contributed by atoms with Gasteiger partial charge in [0.25, 0.3) is 5.91 Å². The maximum atomic E-state index is 12.8. The number of rotatable bonds is 4. The summed E-state index contributed by atoms with van der Waals surface area (Å²) in [6.45, 7) is 6.77. The SMILES string of the molecule is CC(=O)c1cccc(OC(C)C(=O)N2CCn3cccc3C2C)c1. The maximum absolute atomic E-state index is 12.8. The number of nitrogens with zero attached hydrogens (tertiary/aromatic N) is 2. The molecule has 0 spiro atoms. The predicted molar refractivity (Wildman–Crippen MR) is 91.1 cm³/mol. The highest BCUT2D eigenvalue weighted by atomic mass is 16.5. The third-order valence-electron chi connectivity index (χ3n) is 4.53. The van der Waals surface area contributed by atoms with E-state index in [0.717, 1.165) is 12.2 Å². The number of ketones is 1. The van der Waals surface area contributed by atoms with Gasteiger partial charge >= 0.3 is 0 Å². The number of carbonyl (C=O) groups is 2. The van der Waals surface area contributed by atoms with E-state index < -0.39 is 6.10 Å². The Morgan fingerprint density at radius 2 is 2.00 bits per heavy atom. The first-order chi connectivity index (χ1) is 11.5. The lowest BCUT2D eigenvalue weighted by atomic mass is 10.1. The zero-order valence-electron chi connectivity index (χ0n) is 14.2. The number of hydrogen-bond donors (Lipinski definition) is 0. The maximum Gasteiger partial charge on any atom is 0.263 e. The van der Waals surface area contributed by atoms with E-state index in [-0.39, 0.29) is 17.7 Å². The van der Waals surface area contributed by atoms with Crippen LogP contribution in [0.5, 0.6) is 5.75 Å². The van der Waals surface area contributed by atoms with Gasteiger partial charge in [0, 0.05) is 30.5 Å². The average Bonchev–Trinajstić information content (AvgIpc) is 3.04. The van der Waals surface area contributed by atoms with Gasteiger partial charge < -0.3 is 14.2 Å².